The first-order valence-corrected chi connectivity index (χ1v) is 7.77. The van der Waals surface area contributed by atoms with Gasteiger partial charge in [0, 0.05) is 10.8 Å². The molecule has 5 rings (SSSR count). The lowest BCUT2D eigenvalue weighted by Gasteiger charge is -2.09. The minimum Gasteiger partial charge on any atom is -0.266 e. The van der Waals surface area contributed by atoms with E-state index in [2.05, 4.69) is 32.3 Å². The zero-order chi connectivity index (χ0) is 16.3. The van der Waals surface area contributed by atoms with Crippen LogP contribution in [0.3, 0.4) is 0 Å². The van der Waals surface area contributed by atoms with Gasteiger partial charge in [0.15, 0.2) is 0 Å². The highest BCUT2D eigenvalue weighted by Crippen LogP contribution is 2.33. The zero-order valence-electron chi connectivity index (χ0n) is 12.2. The fraction of sp³-hybridized carbons (Fsp3) is 0. The first-order valence-electron chi connectivity index (χ1n) is 7.39. The molecule has 0 aliphatic carbocycles. The van der Waals surface area contributed by atoms with Crippen LogP contribution < -0.4 is 5.56 Å². The summed E-state index contributed by atoms with van der Waals surface area (Å²) in [5.74, 6) is 0. The summed E-state index contributed by atoms with van der Waals surface area (Å²) in [5.41, 5.74) is 1.63. The van der Waals surface area contributed by atoms with Gasteiger partial charge in [0.1, 0.15) is 10.5 Å². The van der Waals surface area contributed by atoms with Crippen molar-refractivity contribution in [3.8, 4) is 0 Å². The van der Waals surface area contributed by atoms with Gasteiger partial charge in [0.25, 0.3) is 5.56 Å². The molecule has 2 heterocycles. The maximum absolute atomic E-state index is 11.7. The third kappa shape index (κ3) is 1.70. The van der Waals surface area contributed by atoms with Gasteiger partial charge in [-0.25, -0.2) is 15.1 Å². The van der Waals surface area contributed by atoms with Crippen molar-refractivity contribution in [3.05, 3.63) is 63.9 Å². The van der Waals surface area contributed by atoms with E-state index < -0.39 is 5.56 Å². The molecule has 0 aliphatic rings. The van der Waals surface area contributed by atoms with Gasteiger partial charge in [-0.1, -0.05) is 60.1 Å². The molecule has 114 valence electrons. The topological polar surface area (TPSA) is 71.5 Å². The van der Waals surface area contributed by atoms with Gasteiger partial charge in [0.05, 0.1) is 11.0 Å². The Hall–Kier alpha value is -3.05. The number of hydrogen-bond acceptors (Lipinski definition) is 4. The highest BCUT2D eigenvalue weighted by molar-refractivity contribution is 6.35. The molecule has 0 unspecified atom stereocenters. The van der Waals surface area contributed by atoms with E-state index in [9.17, 15) is 4.79 Å². The fourth-order valence-electron chi connectivity index (χ4n) is 3.14. The Balaban J connectivity index is 2.16. The number of fused-ring (bicyclic) bond motifs is 7. The van der Waals surface area contributed by atoms with Crippen molar-refractivity contribution >= 4 is 55.3 Å². The molecule has 0 atom stereocenters. The van der Waals surface area contributed by atoms with Crippen LogP contribution >= 0.6 is 11.6 Å². The maximum Gasteiger partial charge on any atom is 0.285 e. The van der Waals surface area contributed by atoms with E-state index in [0.717, 1.165) is 27.1 Å². The molecule has 2 aromatic heterocycles. The number of aromatic amines is 1. The predicted molar refractivity (Wildman–Crippen MR) is 95.5 cm³/mol. The van der Waals surface area contributed by atoms with Crippen molar-refractivity contribution in [2.75, 3.05) is 0 Å². The number of rotatable bonds is 0. The number of aromatic nitrogens is 4. The number of nitrogens with one attached hydrogen (secondary N) is 1. The van der Waals surface area contributed by atoms with E-state index >= 15 is 0 Å². The van der Waals surface area contributed by atoms with Crippen LogP contribution in [0, 0.1) is 0 Å². The summed E-state index contributed by atoms with van der Waals surface area (Å²) >= 11 is 6.11. The van der Waals surface area contributed by atoms with Crippen molar-refractivity contribution < 1.29 is 0 Å². The lowest BCUT2D eigenvalue weighted by atomic mass is 9.99. The molecule has 0 fully saturated rings. The van der Waals surface area contributed by atoms with E-state index in [1.165, 1.54) is 0 Å². The minimum absolute atomic E-state index is 0.00615. The highest BCUT2D eigenvalue weighted by Gasteiger charge is 2.14. The average molecular weight is 333 g/mol. The van der Waals surface area contributed by atoms with Crippen molar-refractivity contribution in [2.45, 2.75) is 0 Å². The molecule has 0 spiro atoms. The highest BCUT2D eigenvalue weighted by atomic mass is 35.5. The Labute approximate surface area is 139 Å². The second kappa shape index (κ2) is 4.72. The summed E-state index contributed by atoms with van der Waals surface area (Å²) < 4.78 is 0. The van der Waals surface area contributed by atoms with Crippen LogP contribution in [0.15, 0.2) is 53.3 Å². The molecule has 0 amide bonds. The number of benzene rings is 3. The van der Waals surface area contributed by atoms with Crippen LogP contribution in [0.1, 0.15) is 0 Å². The Bertz CT molecular complexity index is 1340. The Kier molecular flexibility index (Phi) is 2.64. The van der Waals surface area contributed by atoms with E-state index in [-0.39, 0.29) is 5.02 Å². The molecule has 24 heavy (non-hydrogen) atoms. The summed E-state index contributed by atoms with van der Waals surface area (Å²) in [4.78, 5) is 21.0. The predicted octanol–water partition coefficient (Wildman–Crippen LogP) is 3.83. The SMILES string of the molecule is O=c1[nH]nc2nc3c4ccccc4c4ccccc4c3nc2c1Cl. The Morgan fingerprint density at radius 1 is 0.750 bits per heavy atom. The van der Waals surface area contributed by atoms with Crippen LogP contribution in [-0.4, -0.2) is 20.2 Å². The second-order valence-corrected chi connectivity index (χ2v) is 5.93. The van der Waals surface area contributed by atoms with E-state index in [4.69, 9.17) is 11.6 Å². The van der Waals surface area contributed by atoms with Gasteiger partial charge in [-0.3, -0.25) is 4.79 Å². The first kappa shape index (κ1) is 13.4. The smallest absolute Gasteiger partial charge is 0.266 e. The quantitative estimate of drug-likeness (QED) is 0.345. The summed E-state index contributed by atoms with van der Waals surface area (Å²) in [6, 6.07) is 16.1. The number of nitrogens with zero attached hydrogens (tertiary/aromatic N) is 3. The number of H-pyrrole nitrogens is 1. The standard InChI is InChI=1S/C18H9ClN4O/c19-13-16-17(22-23-18(13)24)21-15-12-8-4-2-6-10(12)9-5-1-3-7-11(9)14(15)20-16/h1-8H,(H,23,24). The lowest BCUT2D eigenvalue weighted by molar-refractivity contribution is 1.01. The Morgan fingerprint density at radius 2 is 1.29 bits per heavy atom. The molecule has 0 saturated carbocycles. The number of hydrogen-bond donors (Lipinski definition) is 1. The van der Waals surface area contributed by atoms with Gasteiger partial charge < -0.3 is 0 Å². The van der Waals surface area contributed by atoms with Crippen molar-refractivity contribution in [1.29, 1.82) is 0 Å². The number of halogens is 1. The summed E-state index contributed by atoms with van der Waals surface area (Å²) in [6.45, 7) is 0. The summed E-state index contributed by atoms with van der Waals surface area (Å²) in [5, 5.41) is 10.5. The molecular formula is C18H9ClN4O. The third-order valence-corrected chi connectivity index (χ3v) is 4.55. The minimum atomic E-state index is -0.470. The second-order valence-electron chi connectivity index (χ2n) is 5.55. The molecule has 0 bridgehead atoms. The fourth-order valence-corrected chi connectivity index (χ4v) is 3.31. The molecule has 3 aromatic carbocycles. The van der Waals surface area contributed by atoms with Crippen LogP contribution in [-0.2, 0) is 0 Å². The maximum atomic E-state index is 11.7. The first-order chi connectivity index (χ1) is 11.7. The van der Waals surface area contributed by atoms with Gasteiger partial charge in [-0.2, -0.15) is 5.10 Å². The van der Waals surface area contributed by atoms with E-state index in [0.29, 0.717) is 16.7 Å². The molecule has 5 nitrogen and oxygen atoms in total. The molecular weight excluding hydrogens is 324 g/mol. The molecule has 0 radical (unpaired) electrons. The molecule has 0 saturated heterocycles. The molecule has 1 N–H and O–H groups in total. The Morgan fingerprint density at radius 3 is 1.92 bits per heavy atom. The van der Waals surface area contributed by atoms with Crippen LogP contribution in [0.5, 0.6) is 0 Å². The summed E-state index contributed by atoms with van der Waals surface area (Å²) in [7, 11) is 0. The van der Waals surface area contributed by atoms with Gasteiger partial charge in [0.2, 0.25) is 5.65 Å². The van der Waals surface area contributed by atoms with Gasteiger partial charge in [-0.15, -0.1) is 0 Å². The lowest BCUT2D eigenvalue weighted by Crippen LogP contribution is -2.10. The van der Waals surface area contributed by atoms with Crippen molar-refractivity contribution in [1.82, 2.24) is 20.2 Å². The summed E-state index contributed by atoms with van der Waals surface area (Å²) in [6.07, 6.45) is 0. The van der Waals surface area contributed by atoms with Crippen molar-refractivity contribution in [2.24, 2.45) is 0 Å². The monoisotopic (exact) mass is 332 g/mol. The molecule has 6 heteroatoms. The normalized spacial score (nSPS) is 11.7. The van der Waals surface area contributed by atoms with E-state index in [1.54, 1.807) is 0 Å². The third-order valence-electron chi connectivity index (χ3n) is 4.20. The van der Waals surface area contributed by atoms with Crippen LogP contribution in [0.4, 0.5) is 0 Å². The van der Waals surface area contributed by atoms with E-state index in [1.807, 2.05) is 36.4 Å². The van der Waals surface area contributed by atoms with Crippen LogP contribution in [0.25, 0.3) is 43.7 Å². The largest absolute Gasteiger partial charge is 0.285 e. The van der Waals surface area contributed by atoms with Crippen LogP contribution in [0.2, 0.25) is 5.02 Å². The van der Waals surface area contributed by atoms with Gasteiger partial charge >= 0.3 is 0 Å². The molecule has 5 aromatic rings. The van der Waals surface area contributed by atoms with Gasteiger partial charge in [-0.05, 0) is 10.8 Å². The average Bonchev–Trinajstić information content (AvgIpc) is 2.64. The molecule has 0 aliphatic heterocycles. The van der Waals surface area contributed by atoms with Crippen molar-refractivity contribution in [3.63, 3.8) is 0 Å². The zero-order valence-corrected chi connectivity index (χ0v) is 13.0.